The van der Waals surface area contributed by atoms with Crippen molar-refractivity contribution in [3.63, 3.8) is 0 Å². The number of amides is 1. The third-order valence-electron chi connectivity index (χ3n) is 3.42. The lowest BCUT2D eigenvalue weighted by molar-refractivity contribution is 0.0951. The molecule has 0 saturated heterocycles. The van der Waals surface area contributed by atoms with Gasteiger partial charge in [-0.3, -0.25) is 4.79 Å². The summed E-state index contributed by atoms with van der Waals surface area (Å²) in [6.45, 7) is 2.98. The molecule has 0 aliphatic rings. The molecule has 0 spiro atoms. The average molecular weight is 354 g/mol. The molecule has 5 nitrogen and oxygen atoms in total. The number of hydrogen-bond acceptors (Lipinski definition) is 5. The van der Waals surface area contributed by atoms with E-state index in [9.17, 15) is 4.79 Å². The van der Waals surface area contributed by atoms with E-state index in [-0.39, 0.29) is 5.91 Å². The van der Waals surface area contributed by atoms with Gasteiger partial charge in [-0.05, 0) is 48.9 Å². The fourth-order valence-corrected chi connectivity index (χ4v) is 2.69. The normalized spacial score (nSPS) is 10.3. The smallest absolute Gasteiger partial charge is 0.278 e. The van der Waals surface area contributed by atoms with E-state index >= 15 is 0 Å². The van der Waals surface area contributed by atoms with Gasteiger partial charge in [-0.25, -0.2) is 4.98 Å². The number of carbonyl (C=O) groups excluding carboxylic acids is 1. The highest BCUT2D eigenvalue weighted by atomic mass is 32.1. The molecule has 128 valence electrons. The van der Waals surface area contributed by atoms with Crippen LogP contribution >= 0.6 is 11.3 Å². The molecular weight excluding hydrogens is 336 g/mol. The topological polar surface area (TPSA) is 60.5 Å². The number of hydrogen-bond donors (Lipinski definition) is 1. The summed E-state index contributed by atoms with van der Waals surface area (Å²) in [5.41, 5.74) is 1.60. The predicted octanol–water partition coefficient (Wildman–Crippen LogP) is 4.26. The molecule has 0 aliphatic heterocycles. The molecule has 0 unspecified atom stereocenters. The van der Waals surface area contributed by atoms with Gasteiger partial charge < -0.3 is 14.8 Å². The van der Waals surface area contributed by atoms with Crippen LogP contribution in [0.1, 0.15) is 22.8 Å². The Morgan fingerprint density at radius 1 is 1.08 bits per heavy atom. The van der Waals surface area contributed by atoms with Gasteiger partial charge in [0.25, 0.3) is 11.1 Å². The molecule has 3 aromatic rings. The number of benzene rings is 2. The number of thiazole rings is 1. The second kappa shape index (κ2) is 8.30. The van der Waals surface area contributed by atoms with Crippen LogP contribution in [-0.2, 0) is 6.54 Å². The summed E-state index contributed by atoms with van der Waals surface area (Å²) < 4.78 is 11.0. The fourth-order valence-electron chi connectivity index (χ4n) is 2.19. The summed E-state index contributed by atoms with van der Waals surface area (Å²) in [5, 5.41) is 5.37. The number of aromatic nitrogens is 1. The Labute approximate surface area is 150 Å². The molecule has 6 heteroatoms. The Hall–Kier alpha value is -2.86. The lowest BCUT2D eigenvalue weighted by Crippen LogP contribution is -2.22. The summed E-state index contributed by atoms with van der Waals surface area (Å²) in [7, 11) is 0. The Kier molecular flexibility index (Phi) is 5.64. The van der Waals surface area contributed by atoms with E-state index in [1.165, 1.54) is 11.3 Å². The van der Waals surface area contributed by atoms with Crippen LogP contribution < -0.4 is 14.8 Å². The first kappa shape index (κ1) is 17.0. The van der Waals surface area contributed by atoms with Crippen molar-refractivity contribution in [2.45, 2.75) is 13.5 Å². The van der Waals surface area contributed by atoms with Gasteiger partial charge in [0.1, 0.15) is 11.5 Å². The van der Waals surface area contributed by atoms with Crippen LogP contribution in [0.3, 0.4) is 0 Å². The van der Waals surface area contributed by atoms with E-state index in [1.807, 2.05) is 36.6 Å². The molecule has 0 radical (unpaired) electrons. The fraction of sp³-hybridized carbons (Fsp3) is 0.158. The van der Waals surface area contributed by atoms with Crippen LogP contribution in [0.15, 0.2) is 60.1 Å². The zero-order valence-corrected chi connectivity index (χ0v) is 14.6. The van der Waals surface area contributed by atoms with E-state index in [1.54, 1.807) is 30.5 Å². The Morgan fingerprint density at radius 3 is 2.44 bits per heavy atom. The minimum absolute atomic E-state index is 0.119. The minimum atomic E-state index is -0.119. The molecule has 0 saturated carbocycles. The van der Waals surface area contributed by atoms with Gasteiger partial charge in [-0.2, -0.15) is 0 Å². The van der Waals surface area contributed by atoms with E-state index in [0.29, 0.717) is 23.9 Å². The summed E-state index contributed by atoms with van der Waals surface area (Å²) >= 11 is 1.44. The van der Waals surface area contributed by atoms with Crippen LogP contribution in [0.4, 0.5) is 0 Å². The molecule has 1 N–H and O–H groups in total. The maximum absolute atomic E-state index is 12.2. The summed E-state index contributed by atoms with van der Waals surface area (Å²) in [5.74, 6) is 1.36. The van der Waals surface area contributed by atoms with Gasteiger partial charge >= 0.3 is 0 Å². The summed E-state index contributed by atoms with van der Waals surface area (Å²) in [4.78, 5) is 16.3. The van der Waals surface area contributed by atoms with Crippen molar-refractivity contribution in [3.05, 3.63) is 71.2 Å². The third-order valence-corrected chi connectivity index (χ3v) is 4.07. The van der Waals surface area contributed by atoms with E-state index in [0.717, 1.165) is 17.1 Å². The van der Waals surface area contributed by atoms with Gasteiger partial charge in [0.15, 0.2) is 0 Å². The van der Waals surface area contributed by atoms with Gasteiger partial charge in [-0.1, -0.05) is 23.5 Å². The standard InChI is InChI=1S/C19H18N2O3S/c1-2-23-16-9-5-15(6-10-16)18(22)21-13-14-3-7-17(8-4-14)24-19-20-11-12-25-19/h3-12H,2,13H2,1H3,(H,21,22). The van der Waals surface area contributed by atoms with Gasteiger partial charge in [0, 0.05) is 23.7 Å². The maximum atomic E-state index is 12.2. The lowest BCUT2D eigenvalue weighted by atomic mass is 10.2. The molecule has 25 heavy (non-hydrogen) atoms. The minimum Gasteiger partial charge on any atom is -0.494 e. The number of carbonyl (C=O) groups is 1. The van der Waals surface area contributed by atoms with Gasteiger partial charge in [-0.15, -0.1) is 0 Å². The van der Waals surface area contributed by atoms with Crippen LogP contribution in [0, 0.1) is 0 Å². The quantitative estimate of drug-likeness (QED) is 0.688. The molecule has 0 atom stereocenters. The van der Waals surface area contributed by atoms with E-state index in [4.69, 9.17) is 9.47 Å². The van der Waals surface area contributed by atoms with Crippen molar-refractivity contribution < 1.29 is 14.3 Å². The molecule has 3 rings (SSSR count). The number of ether oxygens (including phenoxy) is 2. The second-order valence-electron chi connectivity index (χ2n) is 5.18. The number of nitrogens with zero attached hydrogens (tertiary/aromatic N) is 1. The van der Waals surface area contributed by atoms with Crippen molar-refractivity contribution in [1.82, 2.24) is 10.3 Å². The Bertz CT molecular complexity index is 800. The van der Waals surface area contributed by atoms with Crippen molar-refractivity contribution in [2.24, 2.45) is 0 Å². The Morgan fingerprint density at radius 2 is 1.80 bits per heavy atom. The van der Waals surface area contributed by atoms with Gasteiger partial charge in [0.2, 0.25) is 0 Å². The van der Waals surface area contributed by atoms with Crippen LogP contribution in [0.2, 0.25) is 0 Å². The molecule has 1 amide bonds. The average Bonchev–Trinajstić information content (AvgIpc) is 3.15. The molecule has 2 aromatic carbocycles. The molecular formula is C19H18N2O3S. The predicted molar refractivity (Wildman–Crippen MR) is 97.4 cm³/mol. The highest BCUT2D eigenvalue weighted by Gasteiger charge is 2.06. The van der Waals surface area contributed by atoms with Gasteiger partial charge in [0.05, 0.1) is 6.61 Å². The van der Waals surface area contributed by atoms with E-state index in [2.05, 4.69) is 10.3 Å². The summed E-state index contributed by atoms with van der Waals surface area (Å²) in [6.07, 6.45) is 1.70. The third kappa shape index (κ3) is 4.81. The van der Waals surface area contributed by atoms with Crippen molar-refractivity contribution >= 4 is 17.2 Å². The van der Waals surface area contributed by atoms with Crippen LogP contribution in [-0.4, -0.2) is 17.5 Å². The molecule has 0 fully saturated rings. The van der Waals surface area contributed by atoms with Crippen molar-refractivity contribution in [2.75, 3.05) is 6.61 Å². The molecule has 1 aromatic heterocycles. The zero-order chi connectivity index (χ0) is 17.5. The van der Waals surface area contributed by atoms with Crippen LogP contribution in [0.5, 0.6) is 16.7 Å². The molecule has 1 heterocycles. The SMILES string of the molecule is CCOc1ccc(C(=O)NCc2ccc(Oc3nccs3)cc2)cc1. The first-order valence-corrected chi connectivity index (χ1v) is 8.80. The van der Waals surface area contributed by atoms with E-state index < -0.39 is 0 Å². The molecule has 0 aliphatic carbocycles. The summed E-state index contributed by atoms with van der Waals surface area (Å²) in [6, 6.07) is 14.7. The number of rotatable bonds is 7. The zero-order valence-electron chi connectivity index (χ0n) is 13.8. The van der Waals surface area contributed by atoms with Crippen molar-refractivity contribution in [3.8, 4) is 16.7 Å². The molecule has 0 bridgehead atoms. The largest absolute Gasteiger partial charge is 0.494 e. The lowest BCUT2D eigenvalue weighted by Gasteiger charge is -2.08. The highest BCUT2D eigenvalue weighted by molar-refractivity contribution is 7.11. The van der Waals surface area contributed by atoms with Crippen molar-refractivity contribution in [1.29, 1.82) is 0 Å². The first-order valence-electron chi connectivity index (χ1n) is 7.92. The van der Waals surface area contributed by atoms with Crippen LogP contribution in [0.25, 0.3) is 0 Å². The first-order chi connectivity index (χ1) is 12.2. The monoisotopic (exact) mass is 354 g/mol. The Balaban J connectivity index is 1.53. The maximum Gasteiger partial charge on any atom is 0.278 e. The number of nitrogens with one attached hydrogen (secondary N) is 1. The highest BCUT2D eigenvalue weighted by Crippen LogP contribution is 2.23. The second-order valence-corrected chi connectivity index (χ2v) is 6.04.